The first-order chi connectivity index (χ1) is 21.0. The number of hydrogen-bond acceptors (Lipinski definition) is 17. The number of hydrogen-bond donors (Lipinski definition) is 2. The van der Waals surface area contributed by atoms with Gasteiger partial charge in [0.2, 0.25) is 12.9 Å². The van der Waals surface area contributed by atoms with Crippen molar-refractivity contribution in [3.63, 3.8) is 0 Å². The van der Waals surface area contributed by atoms with Crippen LogP contribution < -0.4 is 11.1 Å². The molecule has 1 aromatic heterocycles. The number of nitrogens with two attached hydrogens (primary N) is 1. The molecule has 2 aliphatic rings. The number of esters is 4. The number of carbonyl (C=O) groups excluding carboxylic acids is 6. The Labute approximate surface area is 264 Å². The Balaban J connectivity index is 1.66. The predicted molar refractivity (Wildman–Crippen MR) is 159 cm³/mol. The van der Waals surface area contributed by atoms with Crippen LogP contribution in [-0.2, 0) is 52.6 Å². The van der Waals surface area contributed by atoms with E-state index in [2.05, 4.69) is 15.5 Å². The van der Waals surface area contributed by atoms with Gasteiger partial charge in [-0.2, -0.15) is 0 Å². The summed E-state index contributed by atoms with van der Waals surface area (Å²) >= 11 is 3.61. The first-order valence-electron chi connectivity index (χ1n) is 13.2. The number of thioether (sulfide) groups is 2. The van der Waals surface area contributed by atoms with E-state index < -0.39 is 60.0 Å². The van der Waals surface area contributed by atoms with Crippen LogP contribution in [-0.4, -0.2) is 101 Å². The Morgan fingerprint density at radius 2 is 1.82 bits per heavy atom. The molecule has 0 aromatic carbocycles. The second kappa shape index (κ2) is 16.3. The van der Waals surface area contributed by atoms with Crippen LogP contribution in [0.15, 0.2) is 21.1 Å². The van der Waals surface area contributed by atoms with Gasteiger partial charge in [0.25, 0.3) is 11.8 Å². The summed E-state index contributed by atoms with van der Waals surface area (Å²) in [5, 5.41) is 7.24. The average Bonchev–Trinajstić information content (AvgIpc) is 3.44. The van der Waals surface area contributed by atoms with Gasteiger partial charge in [-0.3, -0.25) is 24.1 Å². The Bertz CT molecular complexity index is 1350. The molecule has 1 fully saturated rings. The molecule has 0 saturated carbocycles. The van der Waals surface area contributed by atoms with Crippen molar-refractivity contribution >= 4 is 81.4 Å². The van der Waals surface area contributed by atoms with Gasteiger partial charge in [0.05, 0.1) is 0 Å². The van der Waals surface area contributed by atoms with E-state index >= 15 is 0 Å². The smallest absolute Gasteiger partial charge is 0.359 e. The summed E-state index contributed by atoms with van der Waals surface area (Å²) < 4.78 is 20.0. The zero-order valence-corrected chi connectivity index (χ0v) is 26.6. The number of amides is 2. The molecule has 2 amide bonds. The highest BCUT2D eigenvalue weighted by molar-refractivity contribution is 8.05. The molecule has 2 unspecified atom stereocenters. The van der Waals surface area contributed by atoms with Crippen LogP contribution in [0.3, 0.4) is 0 Å². The van der Waals surface area contributed by atoms with Crippen LogP contribution in [0.5, 0.6) is 0 Å². The van der Waals surface area contributed by atoms with Gasteiger partial charge in [-0.05, 0) is 6.26 Å². The summed E-state index contributed by atoms with van der Waals surface area (Å²) in [6.07, 6.45) is 0.844. The number of nitrogen functional groups attached to an aromatic ring is 1. The van der Waals surface area contributed by atoms with Crippen LogP contribution in [0.25, 0.3) is 0 Å². The zero-order valence-electron chi connectivity index (χ0n) is 24.2. The summed E-state index contributed by atoms with van der Waals surface area (Å²) in [6, 6.07) is -1.05. The highest BCUT2D eigenvalue weighted by atomic mass is 32.2. The summed E-state index contributed by atoms with van der Waals surface area (Å²) in [5.74, 6) is -3.77. The van der Waals surface area contributed by atoms with Crippen molar-refractivity contribution in [3.05, 3.63) is 21.7 Å². The van der Waals surface area contributed by atoms with E-state index in [-0.39, 0.29) is 48.3 Å². The lowest BCUT2D eigenvalue weighted by atomic mass is 10.0. The second-order valence-corrected chi connectivity index (χ2v) is 11.6. The lowest BCUT2D eigenvalue weighted by molar-refractivity contribution is -0.184. The lowest BCUT2D eigenvalue weighted by Gasteiger charge is -2.49. The van der Waals surface area contributed by atoms with Crippen molar-refractivity contribution in [2.45, 2.75) is 51.3 Å². The highest BCUT2D eigenvalue weighted by Crippen LogP contribution is 2.43. The average molecular weight is 674 g/mol. The molecule has 0 spiro atoms. The predicted octanol–water partition coefficient (Wildman–Crippen LogP) is 0.759. The number of β-lactam (4-membered cyclic amide) rings is 1. The molecule has 3 rings (SSSR count). The molecular formula is C25H31N5O11S3. The third-order valence-electron chi connectivity index (χ3n) is 5.73. The van der Waals surface area contributed by atoms with E-state index in [9.17, 15) is 28.8 Å². The number of oxime groups is 1. The van der Waals surface area contributed by atoms with E-state index in [1.54, 1.807) is 20.1 Å². The molecule has 3 N–H and O–H groups in total. The van der Waals surface area contributed by atoms with Gasteiger partial charge >= 0.3 is 23.9 Å². The van der Waals surface area contributed by atoms with Gasteiger partial charge in [-0.25, -0.2) is 14.6 Å². The molecule has 3 atom stereocenters. The minimum atomic E-state index is -1.18. The Hall–Kier alpha value is -3.84. The number of ether oxygens (including phenoxy) is 4. The number of carbonyl (C=O) groups is 6. The molecule has 1 saturated heterocycles. The number of thiazole rings is 1. The lowest BCUT2D eigenvalue weighted by Crippen LogP contribution is -2.71. The van der Waals surface area contributed by atoms with Crippen LogP contribution in [0.4, 0.5) is 5.13 Å². The maximum Gasteiger partial charge on any atom is 0.359 e. The maximum absolute atomic E-state index is 13.3. The molecular weight excluding hydrogens is 643 g/mol. The normalized spacial score (nSPS) is 18.4. The van der Waals surface area contributed by atoms with E-state index in [1.165, 1.54) is 40.7 Å². The number of rotatable bonds is 15. The molecule has 3 heterocycles. The largest absolute Gasteiger partial charge is 0.462 e. The van der Waals surface area contributed by atoms with Gasteiger partial charge in [0.15, 0.2) is 10.8 Å². The van der Waals surface area contributed by atoms with Crippen molar-refractivity contribution in [1.29, 1.82) is 0 Å². The minimum Gasteiger partial charge on any atom is -0.462 e. The van der Waals surface area contributed by atoms with Crippen molar-refractivity contribution in [2.75, 3.05) is 37.6 Å². The topological polar surface area (TPSA) is 215 Å². The SMILES string of the molecule is CCC(=O)OCCOC(=O)CON=C(C(=O)NC1C(=O)N2C(C(=O)OC(C)OC(=O)CC)=C(SC)CS[C@@H]12)c1csc(N)n1. The summed E-state index contributed by atoms with van der Waals surface area (Å²) in [4.78, 5) is 85.0. The van der Waals surface area contributed by atoms with Crippen LogP contribution in [0.2, 0.25) is 0 Å². The molecule has 0 radical (unpaired) electrons. The minimum absolute atomic E-state index is 0.00335. The van der Waals surface area contributed by atoms with Crippen LogP contribution in [0, 0.1) is 0 Å². The Kier molecular flexibility index (Phi) is 12.8. The van der Waals surface area contributed by atoms with E-state index in [4.69, 9.17) is 29.5 Å². The first-order valence-corrected chi connectivity index (χ1v) is 16.3. The fourth-order valence-corrected chi connectivity index (χ4v) is 6.44. The molecule has 0 aliphatic carbocycles. The molecule has 16 nitrogen and oxygen atoms in total. The van der Waals surface area contributed by atoms with Gasteiger partial charge in [-0.15, -0.1) is 34.9 Å². The van der Waals surface area contributed by atoms with E-state index in [1.807, 2.05) is 0 Å². The van der Waals surface area contributed by atoms with Gasteiger partial charge in [0, 0.05) is 35.8 Å². The van der Waals surface area contributed by atoms with Crippen LogP contribution >= 0.6 is 34.9 Å². The number of anilines is 1. The fourth-order valence-electron chi connectivity index (χ4n) is 3.65. The van der Waals surface area contributed by atoms with Crippen molar-refractivity contribution < 1.29 is 52.6 Å². The van der Waals surface area contributed by atoms with Crippen LogP contribution in [0.1, 0.15) is 39.3 Å². The molecule has 2 aliphatic heterocycles. The maximum atomic E-state index is 13.3. The van der Waals surface area contributed by atoms with E-state index in [0.717, 1.165) is 11.3 Å². The van der Waals surface area contributed by atoms with Gasteiger partial charge < -0.3 is 34.8 Å². The molecule has 44 heavy (non-hydrogen) atoms. The number of nitrogens with one attached hydrogen (secondary N) is 1. The van der Waals surface area contributed by atoms with Gasteiger partial charge in [0.1, 0.15) is 36.0 Å². The second-order valence-electron chi connectivity index (χ2n) is 8.73. The Morgan fingerprint density at radius 1 is 1.14 bits per heavy atom. The Morgan fingerprint density at radius 3 is 2.43 bits per heavy atom. The quantitative estimate of drug-likeness (QED) is 0.0500. The number of aromatic nitrogens is 1. The van der Waals surface area contributed by atoms with Crippen molar-refractivity contribution in [2.24, 2.45) is 5.16 Å². The molecule has 240 valence electrons. The monoisotopic (exact) mass is 673 g/mol. The summed E-state index contributed by atoms with van der Waals surface area (Å²) in [6.45, 7) is 3.61. The summed E-state index contributed by atoms with van der Waals surface area (Å²) in [7, 11) is 0. The summed E-state index contributed by atoms with van der Waals surface area (Å²) in [5.41, 5.74) is 5.39. The number of nitrogens with zero attached hydrogens (tertiary/aromatic N) is 3. The highest BCUT2D eigenvalue weighted by Gasteiger charge is 2.55. The standard InChI is InChI=1S/C25H31N5O11S3/c1-5-15(31)37-7-8-38-17(33)9-39-29-18(13-10-44-25(26)27-13)21(34)28-19-22(35)30-20(14(42-4)11-43-23(19)30)24(36)41-12(3)40-16(32)6-2/h10,12,19,23H,5-9,11H2,1-4H3,(H2,26,27)(H,28,34)/t12?,19?,23-/m0/s1. The first kappa shape index (κ1) is 34.6. The molecule has 0 bridgehead atoms. The van der Waals surface area contributed by atoms with Crippen molar-refractivity contribution in [1.82, 2.24) is 15.2 Å². The molecule has 19 heteroatoms. The third-order valence-corrected chi connectivity index (χ3v) is 8.70. The van der Waals surface area contributed by atoms with E-state index in [0.29, 0.717) is 10.7 Å². The van der Waals surface area contributed by atoms with Gasteiger partial charge in [-0.1, -0.05) is 19.0 Å². The third kappa shape index (κ3) is 8.85. The zero-order chi connectivity index (χ0) is 32.4. The van der Waals surface area contributed by atoms with Crippen molar-refractivity contribution in [3.8, 4) is 0 Å². The number of fused-ring (bicyclic) bond motifs is 1. The fraction of sp³-hybridized carbons (Fsp3) is 0.520. The molecule has 1 aromatic rings.